The van der Waals surface area contributed by atoms with Crippen molar-refractivity contribution >= 4 is 12.4 Å². The second-order valence-corrected chi connectivity index (χ2v) is 4.14. The van der Waals surface area contributed by atoms with Gasteiger partial charge in [0.05, 0.1) is 7.11 Å². The summed E-state index contributed by atoms with van der Waals surface area (Å²) in [6.45, 7) is 0. The lowest BCUT2D eigenvalue weighted by molar-refractivity contribution is 0.259. The molecule has 1 saturated carbocycles. The lowest BCUT2D eigenvalue weighted by Crippen LogP contribution is -2.27. The van der Waals surface area contributed by atoms with Crippen molar-refractivity contribution in [2.24, 2.45) is 11.7 Å². The molecule has 4 heteroatoms. The maximum absolute atomic E-state index is 9.34. The first-order chi connectivity index (χ1) is 7.22. The fourth-order valence-corrected chi connectivity index (χ4v) is 2.03. The van der Waals surface area contributed by atoms with Crippen LogP contribution in [0, 0.1) is 5.92 Å². The Morgan fingerprint density at radius 2 is 2.12 bits per heavy atom. The van der Waals surface area contributed by atoms with Crippen LogP contribution < -0.4 is 10.5 Å². The van der Waals surface area contributed by atoms with E-state index in [0.29, 0.717) is 11.7 Å². The van der Waals surface area contributed by atoms with Gasteiger partial charge in [-0.1, -0.05) is 12.5 Å². The molecule has 0 unspecified atom stereocenters. The van der Waals surface area contributed by atoms with Crippen molar-refractivity contribution in [1.82, 2.24) is 0 Å². The molecule has 1 fully saturated rings. The van der Waals surface area contributed by atoms with Gasteiger partial charge < -0.3 is 15.6 Å². The Balaban J connectivity index is 0.00000128. The summed E-state index contributed by atoms with van der Waals surface area (Å²) >= 11 is 0. The predicted molar refractivity (Wildman–Crippen MR) is 66.2 cm³/mol. The summed E-state index contributed by atoms with van der Waals surface area (Å²) in [5.74, 6) is 1.48. The fraction of sp³-hybridized carbons (Fsp3) is 0.500. The van der Waals surface area contributed by atoms with E-state index in [1.165, 1.54) is 19.3 Å². The van der Waals surface area contributed by atoms with Crippen LogP contribution in [0.4, 0.5) is 0 Å². The number of hydrogen-bond donors (Lipinski definition) is 2. The third-order valence-corrected chi connectivity index (χ3v) is 3.23. The monoisotopic (exact) mass is 243 g/mol. The number of phenols is 1. The molecule has 16 heavy (non-hydrogen) atoms. The number of phenolic OH excluding ortho intramolecular Hbond substituents is 1. The van der Waals surface area contributed by atoms with Gasteiger partial charge in [0.2, 0.25) is 0 Å². The third-order valence-electron chi connectivity index (χ3n) is 3.23. The van der Waals surface area contributed by atoms with Gasteiger partial charge in [-0.15, -0.1) is 12.4 Å². The van der Waals surface area contributed by atoms with Crippen LogP contribution in [0.25, 0.3) is 0 Å². The van der Waals surface area contributed by atoms with Gasteiger partial charge in [-0.2, -0.15) is 0 Å². The second-order valence-electron chi connectivity index (χ2n) is 4.14. The fourth-order valence-electron chi connectivity index (χ4n) is 2.03. The van der Waals surface area contributed by atoms with E-state index in [2.05, 4.69) is 0 Å². The Labute approximate surface area is 102 Å². The molecule has 0 saturated heterocycles. The second kappa shape index (κ2) is 5.41. The molecular formula is C12H18ClNO2. The lowest BCUT2D eigenvalue weighted by atomic mass is 9.77. The van der Waals surface area contributed by atoms with Crippen LogP contribution in [0.1, 0.15) is 30.9 Å². The van der Waals surface area contributed by atoms with Crippen molar-refractivity contribution in [1.29, 1.82) is 0 Å². The van der Waals surface area contributed by atoms with Crippen LogP contribution >= 0.6 is 12.4 Å². The molecule has 0 amide bonds. The summed E-state index contributed by atoms with van der Waals surface area (Å²) in [6, 6.07) is 5.18. The van der Waals surface area contributed by atoms with Crippen LogP contribution in [0.15, 0.2) is 18.2 Å². The van der Waals surface area contributed by atoms with E-state index >= 15 is 0 Å². The molecule has 1 aliphatic carbocycles. The maximum Gasteiger partial charge on any atom is 0.127 e. The maximum atomic E-state index is 9.34. The molecular weight excluding hydrogens is 226 g/mol. The van der Waals surface area contributed by atoms with E-state index in [4.69, 9.17) is 10.5 Å². The van der Waals surface area contributed by atoms with Crippen LogP contribution in [-0.4, -0.2) is 12.2 Å². The van der Waals surface area contributed by atoms with Crippen molar-refractivity contribution in [3.8, 4) is 11.5 Å². The Hall–Kier alpha value is -0.930. The number of nitrogens with two attached hydrogens (primary N) is 1. The predicted octanol–water partition coefficient (Wildman–Crippen LogP) is 2.62. The average molecular weight is 244 g/mol. The van der Waals surface area contributed by atoms with Crippen molar-refractivity contribution in [3.63, 3.8) is 0 Å². The molecule has 3 nitrogen and oxygen atoms in total. The number of halogens is 1. The zero-order valence-electron chi connectivity index (χ0n) is 9.35. The van der Waals surface area contributed by atoms with Crippen molar-refractivity contribution < 1.29 is 9.84 Å². The highest BCUT2D eigenvalue weighted by atomic mass is 35.5. The number of benzene rings is 1. The largest absolute Gasteiger partial charge is 0.508 e. The molecule has 3 N–H and O–H groups in total. The molecule has 1 atom stereocenters. The normalized spacial score (nSPS) is 17.1. The summed E-state index contributed by atoms with van der Waals surface area (Å²) < 4.78 is 5.23. The SMILES string of the molecule is COc1cc(O)ccc1[C@H](N)C1CCC1.Cl. The molecule has 0 aliphatic heterocycles. The third kappa shape index (κ3) is 2.42. The van der Waals surface area contributed by atoms with Gasteiger partial charge in [0.1, 0.15) is 11.5 Å². The first kappa shape index (κ1) is 13.1. The summed E-state index contributed by atoms with van der Waals surface area (Å²) in [5, 5.41) is 9.34. The average Bonchev–Trinajstić information content (AvgIpc) is 2.14. The van der Waals surface area contributed by atoms with Crippen molar-refractivity contribution in [2.45, 2.75) is 25.3 Å². The number of methoxy groups -OCH3 is 1. The van der Waals surface area contributed by atoms with E-state index in [0.717, 1.165) is 5.56 Å². The summed E-state index contributed by atoms with van der Waals surface area (Å²) in [6.07, 6.45) is 3.68. The minimum atomic E-state index is 0. The number of rotatable bonds is 3. The first-order valence-corrected chi connectivity index (χ1v) is 5.35. The van der Waals surface area contributed by atoms with E-state index in [9.17, 15) is 5.11 Å². The summed E-state index contributed by atoms with van der Waals surface area (Å²) in [5.41, 5.74) is 7.17. The molecule has 1 aliphatic rings. The zero-order chi connectivity index (χ0) is 10.8. The molecule has 0 radical (unpaired) electrons. The molecule has 90 valence electrons. The van der Waals surface area contributed by atoms with E-state index in [1.807, 2.05) is 6.07 Å². The van der Waals surface area contributed by atoms with Crippen LogP contribution in [0.3, 0.4) is 0 Å². The molecule has 0 heterocycles. The first-order valence-electron chi connectivity index (χ1n) is 5.35. The van der Waals surface area contributed by atoms with Gasteiger partial charge in [0, 0.05) is 17.7 Å². The lowest BCUT2D eigenvalue weighted by Gasteiger charge is -2.32. The van der Waals surface area contributed by atoms with E-state index < -0.39 is 0 Å². The number of hydrogen-bond acceptors (Lipinski definition) is 3. The smallest absolute Gasteiger partial charge is 0.127 e. The Morgan fingerprint density at radius 3 is 2.62 bits per heavy atom. The van der Waals surface area contributed by atoms with E-state index in [-0.39, 0.29) is 24.2 Å². The van der Waals surface area contributed by atoms with Crippen LogP contribution in [0.2, 0.25) is 0 Å². The molecule has 0 spiro atoms. The number of aromatic hydroxyl groups is 1. The summed E-state index contributed by atoms with van der Waals surface area (Å²) in [4.78, 5) is 0. The van der Waals surface area contributed by atoms with Crippen molar-refractivity contribution in [3.05, 3.63) is 23.8 Å². The Morgan fingerprint density at radius 1 is 1.44 bits per heavy atom. The van der Waals surface area contributed by atoms with Gasteiger partial charge in [-0.3, -0.25) is 0 Å². The van der Waals surface area contributed by atoms with Crippen molar-refractivity contribution in [2.75, 3.05) is 7.11 Å². The van der Waals surface area contributed by atoms with Gasteiger partial charge in [0.25, 0.3) is 0 Å². The van der Waals surface area contributed by atoms with Gasteiger partial charge in [-0.05, 0) is 24.8 Å². The van der Waals surface area contributed by atoms with Gasteiger partial charge in [-0.25, -0.2) is 0 Å². The van der Waals surface area contributed by atoms with Crippen LogP contribution in [0.5, 0.6) is 11.5 Å². The standard InChI is InChI=1S/C12H17NO2.ClH/c1-15-11-7-9(14)5-6-10(11)12(13)8-3-2-4-8;/h5-8,12,14H,2-4,13H2,1H3;1H/t12-;/m1./s1. The molecule has 2 rings (SSSR count). The van der Waals surface area contributed by atoms with E-state index in [1.54, 1.807) is 19.2 Å². The highest BCUT2D eigenvalue weighted by Gasteiger charge is 2.27. The Bertz CT molecular complexity index is 353. The highest BCUT2D eigenvalue weighted by Crippen LogP contribution is 2.39. The van der Waals surface area contributed by atoms with Crippen LogP contribution in [-0.2, 0) is 0 Å². The van der Waals surface area contributed by atoms with Gasteiger partial charge in [0.15, 0.2) is 0 Å². The minimum absolute atomic E-state index is 0. The quantitative estimate of drug-likeness (QED) is 0.858. The number of ether oxygens (including phenoxy) is 1. The molecule has 1 aromatic rings. The van der Waals surface area contributed by atoms with Gasteiger partial charge >= 0.3 is 0 Å². The zero-order valence-corrected chi connectivity index (χ0v) is 10.2. The molecule has 1 aromatic carbocycles. The minimum Gasteiger partial charge on any atom is -0.508 e. The Kier molecular flexibility index (Phi) is 4.44. The molecule has 0 aromatic heterocycles. The molecule has 0 bridgehead atoms. The highest BCUT2D eigenvalue weighted by molar-refractivity contribution is 5.85. The summed E-state index contributed by atoms with van der Waals surface area (Å²) in [7, 11) is 1.60. The topological polar surface area (TPSA) is 55.5 Å².